The summed E-state index contributed by atoms with van der Waals surface area (Å²) in [4.78, 5) is 26.2. The average Bonchev–Trinajstić information content (AvgIpc) is 2.59. The molecule has 0 radical (unpaired) electrons. The van der Waals surface area contributed by atoms with Crippen LogP contribution >= 0.6 is 0 Å². The molecule has 0 aromatic rings. The Balaban J connectivity index is 1.95. The number of imide groups is 1. The van der Waals surface area contributed by atoms with Gasteiger partial charge in [0, 0.05) is 13.0 Å². The number of carbonyl (C=O) groups excluding carboxylic acids is 2. The van der Waals surface area contributed by atoms with Crippen molar-refractivity contribution in [3.8, 4) is 0 Å². The standard InChI is InChI=1S/C15H26N2O2/c1-2-16-10-7-11-17-13(18)12-15(14(17)19)8-5-3-4-6-9-15/h16H,2-12H2,1H3. The Morgan fingerprint density at radius 1 is 1.16 bits per heavy atom. The number of rotatable bonds is 5. The van der Waals surface area contributed by atoms with Gasteiger partial charge in [-0.3, -0.25) is 14.5 Å². The lowest BCUT2D eigenvalue weighted by atomic mass is 9.79. The second-order valence-electron chi connectivity index (χ2n) is 5.93. The van der Waals surface area contributed by atoms with Gasteiger partial charge < -0.3 is 5.32 Å². The summed E-state index contributed by atoms with van der Waals surface area (Å²) in [6.45, 7) is 4.46. The molecule has 1 heterocycles. The molecule has 0 atom stereocenters. The van der Waals surface area contributed by atoms with Crippen molar-refractivity contribution in [2.75, 3.05) is 19.6 Å². The average molecular weight is 266 g/mol. The van der Waals surface area contributed by atoms with Crippen LogP contribution in [-0.4, -0.2) is 36.3 Å². The molecule has 4 nitrogen and oxygen atoms in total. The van der Waals surface area contributed by atoms with Gasteiger partial charge in [0.05, 0.1) is 5.41 Å². The van der Waals surface area contributed by atoms with Gasteiger partial charge in [0.2, 0.25) is 11.8 Å². The van der Waals surface area contributed by atoms with E-state index in [9.17, 15) is 9.59 Å². The predicted molar refractivity (Wildman–Crippen MR) is 74.6 cm³/mol. The van der Waals surface area contributed by atoms with Gasteiger partial charge in [0.1, 0.15) is 0 Å². The molecule has 1 saturated heterocycles. The number of nitrogens with one attached hydrogen (secondary N) is 1. The number of hydrogen-bond donors (Lipinski definition) is 1. The molecule has 108 valence electrons. The molecule has 1 spiro atoms. The fourth-order valence-electron chi connectivity index (χ4n) is 3.42. The van der Waals surface area contributed by atoms with Crippen LogP contribution in [0.25, 0.3) is 0 Å². The molecule has 0 aromatic heterocycles. The monoisotopic (exact) mass is 266 g/mol. The third-order valence-electron chi connectivity index (χ3n) is 4.54. The summed E-state index contributed by atoms with van der Waals surface area (Å²) in [7, 11) is 0. The molecule has 1 aliphatic carbocycles. The Morgan fingerprint density at radius 3 is 2.47 bits per heavy atom. The normalized spacial score (nSPS) is 23.1. The Kier molecular flexibility index (Phi) is 4.97. The van der Waals surface area contributed by atoms with E-state index in [0.29, 0.717) is 13.0 Å². The third-order valence-corrected chi connectivity index (χ3v) is 4.54. The van der Waals surface area contributed by atoms with E-state index in [0.717, 1.165) is 45.2 Å². The smallest absolute Gasteiger partial charge is 0.235 e. The SMILES string of the molecule is CCNCCCN1C(=O)CC2(CCCCCC2)C1=O. The fraction of sp³-hybridized carbons (Fsp3) is 0.867. The molecule has 0 aromatic carbocycles. The number of nitrogens with zero attached hydrogens (tertiary/aromatic N) is 1. The van der Waals surface area contributed by atoms with Crippen LogP contribution in [0.2, 0.25) is 0 Å². The van der Waals surface area contributed by atoms with E-state index in [4.69, 9.17) is 0 Å². The molecular weight excluding hydrogens is 240 g/mol. The van der Waals surface area contributed by atoms with Gasteiger partial charge in [-0.2, -0.15) is 0 Å². The molecule has 2 rings (SSSR count). The first-order valence-corrected chi connectivity index (χ1v) is 7.75. The maximum Gasteiger partial charge on any atom is 0.235 e. The summed E-state index contributed by atoms with van der Waals surface area (Å²) in [6.07, 6.45) is 7.79. The number of carbonyl (C=O) groups is 2. The maximum absolute atomic E-state index is 12.6. The Morgan fingerprint density at radius 2 is 1.84 bits per heavy atom. The van der Waals surface area contributed by atoms with E-state index in [1.165, 1.54) is 17.7 Å². The van der Waals surface area contributed by atoms with E-state index >= 15 is 0 Å². The number of hydrogen-bond acceptors (Lipinski definition) is 3. The van der Waals surface area contributed by atoms with E-state index in [1.54, 1.807) is 0 Å². The van der Waals surface area contributed by atoms with Crippen LogP contribution in [0.4, 0.5) is 0 Å². The minimum absolute atomic E-state index is 0.0587. The zero-order valence-corrected chi connectivity index (χ0v) is 12.0. The second-order valence-corrected chi connectivity index (χ2v) is 5.93. The molecule has 0 bridgehead atoms. The summed E-state index contributed by atoms with van der Waals surface area (Å²) in [5.74, 6) is 0.180. The lowest BCUT2D eigenvalue weighted by molar-refractivity contribution is -0.141. The van der Waals surface area contributed by atoms with Crippen LogP contribution in [0, 0.1) is 5.41 Å². The fourth-order valence-corrected chi connectivity index (χ4v) is 3.42. The number of amides is 2. The molecule has 19 heavy (non-hydrogen) atoms. The van der Waals surface area contributed by atoms with Crippen molar-refractivity contribution in [2.24, 2.45) is 5.41 Å². The molecule has 4 heteroatoms. The van der Waals surface area contributed by atoms with E-state index in [2.05, 4.69) is 12.2 Å². The van der Waals surface area contributed by atoms with Gasteiger partial charge in [-0.25, -0.2) is 0 Å². The quantitative estimate of drug-likeness (QED) is 0.612. The molecular formula is C15H26N2O2. The van der Waals surface area contributed by atoms with Crippen molar-refractivity contribution in [3.63, 3.8) is 0 Å². The van der Waals surface area contributed by atoms with Crippen LogP contribution in [0.15, 0.2) is 0 Å². The van der Waals surface area contributed by atoms with Crippen LogP contribution in [-0.2, 0) is 9.59 Å². The maximum atomic E-state index is 12.6. The van der Waals surface area contributed by atoms with Crippen molar-refractivity contribution in [2.45, 2.75) is 58.3 Å². The van der Waals surface area contributed by atoms with Crippen LogP contribution in [0.3, 0.4) is 0 Å². The van der Waals surface area contributed by atoms with Gasteiger partial charge >= 0.3 is 0 Å². The third kappa shape index (κ3) is 3.16. The lowest BCUT2D eigenvalue weighted by Gasteiger charge is -2.25. The molecule has 2 aliphatic rings. The Hall–Kier alpha value is -0.900. The Bertz CT molecular complexity index is 333. The minimum atomic E-state index is -0.328. The van der Waals surface area contributed by atoms with Gasteiger partial charge in [-0.1, -0.05) is 32.6 Å². The second kappa shape index (κ2) is 6.51. The number of likely N-dealkylation sites (tertiary alicyclic amines) is 1. The summed E-state index contributed by atoms with van der Waals surface area (Å²) < 4.78 is 0. The minimum Gasteiger partial charge on any atom is -0.317 e. The first-order valence-electron chi connectivity index (χ1n) is 7.75. The summed E-state index contributed by atoms with van der Waals surface area (Å²) >= 11 is 0. The first kappa shape index (κ1) is 14.5. The highest BCUT2D eigenvalue weighted by atomic mass is 16.2. The Labute approximate surface area is 115 Å². The molecule has 1 N–H and O–H groups in total. The van der Waals surface area contributed by atoms with E-state index in [1.807, 2.05) is 0 Å². The van der Waals surface area contributed by atoms with Gasteiger partial charge in [0.15, 0.2) is 0 Å². The largest absolute Gasteiger partial charge is 0.317 e. The molecule has 2 fully saturated rings. The van der Waals surface area contributed by atoms with Crippen LogP contribution < -0.4 is 5.32 Å². The van der Waals surface area contributed by atoms with E-state index in [-0.39, 0.29) is 17.2 Å². The van der Waals surface area contributed by atoms with Crippen molar-refractivity contribution < 1.29 is 9.59 Å². The van der Waals surface area contributed by atoms with Crippen LogP contribution in [0.1, 0.15) is 58.3 Å². The topological polar surface area (TPSA) is 49.4 Å². The summed E-state index contributed by atoms with van der Waals surface area (Å²) in [5.41, 5.74) is -0.328. The first-order chi connectivity index (χ1) is 9.19. The summed E-state index contributed by atoms with van der Waals surface area (Å²) in [6, 6.07) is 0. The molecule has 2 amide bonds. The summed E-state index contributed by atoms with van der Waals surface area (Å²) in [5, 5.41) is 3.23. The van der Waals surface area contributed by atoms with Crippen molar-refractivity contribution in [1.82, 2.24) is 10.2 Å². The van der Waals surface area contributed by atoms with Crippen molar-refractivity contribution in [3.05, 3.63) is 0 Å². The highest BCUT2D eigenvalue weighted by Crippen LogP contribution is 2.44. The van der Waals surface area contributed by atoms with Gasteiger partial charge in [-0.05, 0) is 32.4 Å². The predicted octanol–water partition coefficient (Wildman–Crippen LogP) is 2.09. The van der Waals surface area contributed by atoms with Crippen molar-refractivity contribution in [1.29, 1.82) is 0 Å². The van der Waals surface area contributed by atoms with Gasteiger partial charge in [-0.15, -0.1) is 0 Å². The zero-order chi connectivity index (χ0) is 13.7. The highest BCUT2D eigenvalue weighted by molar-refractivity contribution is 6.05. The van der Waals surface area contributed by atoms with Crippen LogP contribution in [0.5, 0.6) is 0 Å². The molecule has 0 unspecified atom stereocenters. The molecule has 1 saturated carbocycles. The zero-order valence-electron chi connectivity index (χ0n) is 12.0. The highest BCUT2D eigenvalue weighted by Gasteiger charge is 2.50. The lowest BCUT2D eigenvalue weighted by Crippen LogP contribution is -2.37. The van der Waals surface area contributed by atoms with E-state index < -0.39 is 0 Å². The van der Waals surface area contributed by atoms with Crippen molar-refractivity contribution >= 4 is 11.8 Å². The molecule has 1 aliphatic heterocycles. The van der Waals surface area contributed by atoms with Gasteiger partial charge in [0.25, 0.3) is 0 Å².